The van der Waals surface area contributed by atoms with Crippen molar-refractivity contribution in [2.24, 2.45) is 7.05 Å². The summed E-state index contributed by atoms with van der Waals surface area (Å²) in [6.07, 6.45) is 9.69. The Morgan fingerprint density at radius 3 is 2.95 bits per heavy atom. The SMILES string of the molecule is Cn1cc(C2CCCN2C(=O)CCNc2ncccn2)cn1. The van der Waals surface area contributed by atoms with Gasteiger partial charge in [-0.15, -0.1) is 0 Å². The number of nitrogens with one attached hydrogen (secondary N) is 1. The Bertz CT molecular complexity index is 626. The van der Waals surface area contributed by atoms with Gasteiger partial charge in [0.2, 0.25) is 11.9 Å². The standard InChI is InChI=1S/C15H20N6O/c1-20-11-12(10-19-20)13-4-2-9-21(13)14(22)5-8-18-15-16-6-3-7-17-15/h3,6-7,10-11,13H,2,4-5,8-9H2,1H3,(H,16,17,18). The molecule has 1 unspecified atom stereocenters. The molecule has 3 heterocycles. The van der Waals surface area contributed by atoms with Crippen LogP contribution in [0.15, 0.2) is 30.9 Å². The average molecular weight is 300 g/mol. The van der Waals surface area contributed by atoms with E-state index in [2.05, 4.69) is 20.4 Å². The maximum Gasteiger partial charge on any atom is 0.224 e. The van der Waals surface area contributed by atoms with Gasteiger partial charge in [-0.25, -0.2) is 9.97 Å². The van der Waals surface area contributed by atoms with Gasteiger partial charge in [0.25, 0.3) is 0 Å². The second-order valence-corrected chi connectivity index (χ2v) is 5.44. The van der Waals surface area contributed by atoms with E-state index < -0.39 is 0 Å². The highest BCUT2D eigenvalue weighted by molar-refractivity contribution is 5.77. The molecule has 116 valence electrons. The molecule has 1 amide bonds. The van der Waals surface area contributed by atoms with Crippen molar-refractivity contribution in [3.63, 3.8) is 0 Å². The quantitative estimate of drug-likeness (QED) is 0.902. The highest BCUT2D eigenvalue weighted by atomic mass is 16.2. The van der Waals surface area contributed by atoms with Crippen LogP contribution in [0.3, 0.4) is 0 Å². The summed E-state index contributed by atoms with van der Waals surface area (Å²) in [5, 5.41) is 7.28. The zero-order valence-corrected chi connectivity index (χ0v) is 12.6. The van der Waals surface area contributed by atoms with Crippen LogP contribution in [0.2, 0.25) is 0 Å². The number of hydrogen-bond acceptors (Lipinski definition) is 5. The normalized spacial score (nSPS) is 17.7. The molecular formula is C15H20N6O. The molecule has 7 nitrogen and oxygen atoms in total. The van der Waals surface area contributed by atoms with Crippen LogP contribution in [0.1, 0.15) is 30.9 Å². The second-order valence-electron chi connectivity index (χ2n) is 5.44. The first-order valence-corrected chi connectivity index (χ1v) is 7.53. The third-order valence-corrected chi connectivity index (χ3v) is 3.87. The minimum absolute atomic E-state index is 0.161. The molecule has 0 radical (unpaired) electrons. The third-order valence-electron chi connectivity index (χ3n) is 3.87. The summed E-state index contributed by atoms with van der Waals surface area (Å²) in [5.74, 6) is 0.718. The summed E-state index contributed by atoms with van der Waals surface area (Å²) in [6.45, 7) is 1.36. The van der Waals surface area contributed by atoms with Crippen molar-refractivity contribution >= 4 is 11.9 Å². The van der Waals surface area contributed by atoms with Gasteiger partial charge in [-0.3, -0.25) is 9.48 Å². The summed E-state index contributed by atoms with van der Waals surface area (Å²) in [5.41, 5.74) is 1.12. The Morgan fingerprint density at radius 2 is 2.23 bits per heavy atom. The van der Waals surface area contributed by atoms with Gasteiger partial charge in [0, 0.05) is 50.7 Å². The molecule has 0 spiro atoms. The lowest BCUT2D eigenvalue weighted by molar-refractivity contribution is -0.131. The van der Waals surface area contributed by atoms with Crippen molar-refractivity contribution < 1.29 is 4.79 Å². The van der Waals surface area contributed by atoms with Gasteiger partial charge >= 0.3 is 0 Å². The predicted octanol–water partition coefficient (Wildman–Crippen LogP) is 1.38. The molecule has 2 aromatic heterocycles. The zero-order valence-electron chi connectivity index (χ0n) is 12.6. The van der Waals surface area contributed by atoms with E-state index in [1.54, 1.807) is 23.1 Å². The number of aryl methyl sites for hydroxylation is 1. The number of likely N-dealkylation sites (tertiary alicyclic amines) is 1. The highest BCUT2D eigenvalue weighted by Gasteiger charge is 2.30. The largest absolute Gasteiger partial charge is 0.354 e. The van der Waals surface area contributed by atoms with Crippen molar-refractivity contribution in [2.45, 2.75) is 25.3 Å². The van der Waals surface area contributed by atoms with Gasteiger partial charge in [-0.1, -0.05) is 0 Å². The fourth-order valence-corrected chi connectivity index (χ4v) is 2.84. The maximum absolute atomic E-state index is 12.4. The van der Waals surface area contributed by atoms with E-state index in [-0.39, 0.29) is 11.9 Å². The molecule has 1 saturated heterocycles. The summed E-state index contributed by atoms with van der Waals surface area (Å²) in [7, 11) is 1.90. The summed E-state index contributed by atoms with van der Waals surface area (Å²) >= 11 is 0. The summed E-state index contributed by atoms with van der Waals surface area (Å²) < 4.78 is 1.78. The minimum atomic E-state index is 0.161. The van der Waals surface area contributed by atoms with Crippen molar-refractivity contribution in [1.29, 1.82) is 0 Å². The van der Waals surface area contributed by atoms with Gasteiger partial charge in [0.15, 0.2) is 0 Å². The number of hydrogen-bond donors (Lipinski definition) is 1. The van der Waals surface area contributed by atoms with Crippen LogP contribution in [0, 0.1) is 0 Å². The van der Waals surface area contributed by atoms with E-state index in [4.69, 9.17) is 0 Å². The molecule has 1 atom stereocenters. The lowest BCUT2D eigenvalue weighted by atomic mass is 10.1. The molecular weight excluding hydrogens is 280 g/mol. The van der Waals surface area contributed by atoms with E-state index in [1.807, 2.05) is 24.3 Å². The van der Waals surface area contributed by atoms with Gasteiger partial charge in [0.05, 0.1) is 12.2 Å². The van der Waals surface area contributed by atoms with Crippen LogP contribution in [0.25, 0.3) is 0 Å². The van der Waals surface area contributed by atoms with Gasteiger partial charge in [-0.2, -0.15) is 5.10 Å². The molecule has 0 aliphatic carbocycles. The molecule has 22 heavy (non-hydrogen) atoms. The molecule has 1 fully saturated rings. The Labute approximate surface area is 129 Å². The van der Waals surface area contributed by atoms with Crippen molar-refractivity contribution in [2.75, 3.05) is 18.4 Å². The third kappa shape index (κ3) is 3.24. The topological polar surface area (TPSA) is 75.9 Å². The van der Waals surface area contributed by atoms with E-state index in [0.29, 0.717) is 18.9 Å². The summed E-state index contributed by atoms with van der Waals surface area (Å²) in [6, 6.07) is 1.92. The molecule has 7 heteroatoms. The smallest absolute Gasteiger partial charge is 0.224 e. The number of amides is 1. The lowest BCUT2D eigenvalue weighted by Crippen LogP contribution is -2.31. The average Bonchev–Trinajstić information content (AvgIpc) is 3.16. The number of nitrogens with zero attached hydrogens (tertiary/aromatic N) is 5. The van der Waals surface area contributed by atoms with Crippen LogP contribution in [-0.2, 0) is 11.8 Å². The molecule has 1 N–H and O–H groups in total. The molecule has 0 bridgehead atoms. The highest BCUT2D eigenvalue weighted by Crippen LogP contribution is 2.31. The molecule has 1 aliphatic heterocycles. The first-order chi connectivity index (χ1) is 10.7. The van der Waals surface area contributed by atoms with Crippen molar-refractivity contribution in [3.05, 3.63) is 36.4 Å². The Balaban J connectivity index is 1.55. The number of aromatic nitrogens is 4. The Hall–Kier alpha value is -2.44. The summed E-state index contributed by atoms with van der Waals surface area (Å²) in [4.78, 5) is 22.6. The van der Waals surface area contributed by atoms with Crippen LogP contribution < -0.4 is 5.32 Å². The van der Waals surface area contributed by atoms with Crippen molar-refractivity contribution in [3.8, 4) is 0 Å². The maximum atomic E-state index is 12.4. The first kappa shape index (κ1) is 14.5. The van der Waals surface area contributed by atoms with Gasteiger partial charge < -0.3 is 10.2 Å². The van der Waals surface area contributed by atoms with Gasteiger partial charge in [-0.05, 0) is 18.9 Å². The van der Waals surface area contributed by atoms with Crippen LogP contribution >= 0.6 is 0 Å². The second kappa shape index (κ2) is 6.55. The van der Waals surface area contributed by atoms with Crippen LogP contribution in [0.4, 0.5) is 5.95 Å². The Kier molecular flexibility index (Phi) is 4.32. The number of rotatable bonds is 5. The van der Waals surface area contributed by atoms with Crippen molar-refractivity contribution in [1.82, 2.24) is 24.6 Å². The number of anilines is 1. The first-order valence-electron chi connectivity index (χ1n) is 7.53. The Morgan fingerprint density at radius 1 is 1.41 bits per heavy atom. The van der Waals surface area contributed by atoms with Gasteiger partial charge in [0.1, 0.15) is 0 Å². The van der Waals surface area contributed by atoms with E-state index >= 15 is 0 Å². The number of carbonyl (C=O) groups excluding carboxylic acids is 1. The molecule has 0 saturated carbocycles. The fraction of sp³-hybridized carbons (Fsp3) is 0.467. The van der Waals surface area contributed by atoms with E-state index in [0.717, 1.165) is 24.9 Å². The molecule has 2 aromatic rings. The fourth-order valence-electron chi connectivity index (χ4n) is 2.84. The van der Waals surface area contributed by atoms with E-state index in [1.165, 1.54) is 0 Å². The molecule has 0 aromatic carbocycles. The number of carbonyl (C=O) groups is 1. The zero-order chi connectivity index (χ0) is 15.4. The molecule has 3 rings (SSSR count). The lowest BCUT2D eigenvalue weighted by Gasteiger charge is -2.24. The van der Waals surface area contributed by atoms with Crippen LogP contribution in [0.5, 0.6) is 0 Å². The monoisotopic (exact) mass is 300 g/mol. The van der Waals surface area contributed by atoms with Crippen LogP contribution in [-0.4, -0.2) is 43.6 Å². The molecule has 1 aliphatic rings. The van der Waals surface area contributed by atoms with E-state index in [9.17, 15) is 4.79 Å². The minimum Gasteiger partial charge on any atom is -0.354 e. The predicted molar refractivity (Wildman–Crippen MR) is 82.0 cm³/mol.